The van der Waals surface area contributed by atoms with Crippen LogP contribution in [0.2, 0.25) is 0 Å². The van der Waals surface area contributed by atoms with Crippen molar-refractivity contribution in [2.45, 2.75) is 51.6 Å². The fourth-order valence-electron chi connectivity index (χ4n) is 4.48. The highest BCUT2D eigenvalue weighted by Crippen LogP contribution is 2.39. The number of piperidine rings is 1. The average molecular weight is 344 g/mol. The molecule has 4 nitrogen and oxygen atoms in total. The highest BCUT2D eigenvalue weighted by Gasteiger charge is 2.44. The number of hydrogen-bond donors (Lipinski definition) is 1. The molecule has 3 rings (SSSR count). The van der Waals surface area contributed by atoms with Crippen molar-refractivity contribution in [3.63, 3.8) is 0 Å². The Morgan fingerprint density at radius 2 is 1.92 bits per heavy atom. The van der Waals surface area contributed by atoms with Gasteiger partial charge in [0.05, 0.1) is 0 Å². The van der Waals surface area contributed by atoms with Crippen LogP contribution in [0, 0.1) is 5.41 Å². The predicted molar refractivity (Wildman–Crippen MR) is 100 cm³/mol. The van der Waals surface area contributed by atoms with Crippen LogP contribution in [0.3, 0.4) is 0 Å². The number of benzene rings is 1. The fraction of sp³-hybridized carbons (Fsp3) is 0.667. The minimum atomic E-state index is -1.25. The normalized spacial score (nSPS) is 24.8. The van der Waals surface area contributed by atoms with Gasteiger partial charge in [0.25, 0.3) is 5.91 Å². The van der Waals surface area contributed by atoms with E-state index in [9.17, 15) is 9.90 Å². The topological polar surface area (TPSA) is 43.8 Å². The molecule has 0 radical (unpaired) electrons. The first-order chi connectivity index (χ1) is 11.9. The molecule has 2 fully saturated rings. The Morgan fingerprint density at radius 3 is 2.64 bits per heavy atom. The molecule has 2 aliphatic rings. The van der Waals surface area contributed by atoms with Crippen LogP contribution < -0.4 is 0 Å². The Bertz CT molecular complexity index is 581. The van der Waals surface area contributed by atoms with Gasteiger partial charge in [0.1, 0.15) is 5.60 Å². The van der Waals surface area contributed by atoms with Crippen molar-refractivity contribution in [1.82, 2.24) is 9.80 Å². The van der Waals surface area contributed by atoms with E-state index >= 15 is 0 Å². The fourth-order valence-corrected chi connectivity index (χ4v) is 4.48. The van der Waals surface area contributed by atoms with Gasteiger partial charge in [-0.25, -0.2) is 0 Å². The Hall–Kier alpha value is -1.39. The standard InChI is InChI=1S/C21H32N2O2/c1-20(2,25)19(24)23-15-12-21(17-23)11-7-14-22(16-21)13-6-10-18-8-4-3-5-9-18/h3-5,8-9,25H,6-7,10-17H2,1-2H3. The quantitative estimate of drug-likeness (QED) is 0.893. The van der Waals surface area contributed by atoms with Crippen molar-refractivity contribution in [3.8, 4) is 0 Å². The monoisotopic (exact) mass is 344 g/mol. The van der Waals surface area contributed by atoms with Crippen molar-refractivity contribution in [3.05, 3.63) is 35.9 Å². The van der Waals surface area contributed by atoms with E-state index in [2.05, 4.69) is 35.2 Å². The number of aryl methyl sites for hydroxylation is 1. The Labute approximate surface area is 151 Å². The SMILES string of the molecule is CC(C)(O)C(=O)N1CCC2(CCCN(CCCc3ccccc3)C2)C1. The second kappa shape index (κ2) is 7.46. The van der Waals surface area contributed by atoms with Gasteiger partial charge in [-0.15, -0.1) is 0 Å². The molecule has 1 aromatic rings. The summed E-state index contributed by atoms with van der Waals surface area (Å²) in [5.74, 6) is -0.120. The molecule has 25 heavy (non-hydrogen) atoms. The summed E-state index contributed by atoms with van der Waals surface area (Å²) < 4.78 is 0. The molecule has 138 valence electrons. The summed E-state index contributed by atoms with van der Waals surface area (Å²) >= 11 is 0. The van der Waals surface area contributed by atoms with Crippen LogP contribution in [0.4, 0.5) is 0 Å². The Kier molecular flexibility index (Phi) is 5.49. The number of carbonyl (C=O) groups excluding carboxylic acids is 1. The minimum Gasteiger partial charge on any atom is -0.381 e. The largest absolute Gasteiger partial charge is 0.381 e. The molecule has 1 spiro atoms. The first kappa shape index (κ1) is 18.4. The molecule has 1 amide bonds. The van der Waals surface area contributed by atoms with Gasteiger partial charge < -0.3 is 14.9 Å². The number of amides is 1. The first-order valence-corrected chi connectivity index (χ1v) is 9.66. The first-order valence-electron chi connectivity index (χ1n) is 9.66. The molecule has 4 heteroatoms. The lowest BCUT2D eigenvalue weighted by atomic mass is 9.79. The van der Waals surface area contributed by atoms with Gasteiger partial charge in [-0.3, -0.25) is 4.79 Å². The summed E-state index contributed by atoms with van der Waals surface area (Å²) in [4.78, 5) is 16.8. The van der Waals surface area contributed by atoms with Crippen LogP contribution in [0.25, 0.3) is 0 Å². The van der Waals surface area contributed by atoms with Crippen molar-refractivity contribution >= 4 is 5.91 Å². The predicted octanol–water partition coefficient (Wildman–Crippen LogP) is 2.70. The summed E-state index contributed by atoms with van der Waals surface area (Å²) in [5.41, 5.74) is 0.401. The van der Waals surface area contributed by atoms with Crippen LogP contribution >= 0.6 is 0 Å². The van der Waals surface area contributed by atoms with Crippen molar-refractivity contribution in [2.75, 3.05) is 32.7 Å². The van der Waals surface area contributed by atoms with Crippen LogP contribution in [0.15, 0.2) is 30.3 Å². The van der Waals surface area contributed by atoms with Crippen LogP contribution in [0.1, 0.15) is 45.1 Å². The zero-order chi connectivity index (χ0) is 17.9. The van der Waals surface area contributed by atoms with E-state index in [1.54, 1.807) is 13.8 Å². The number of aliphatic hydroxyl groups is 1. The molecule has 0 bridgehead atoms. The smallest absolute Gasteiger partial charge is 0.253 e. The number of likely N-dealkylation sites (tertiary alicyclic amines) is 2. The number of hydrogen-bond acceptors (Lipinski definition) is 3. The highest BCUT2D eigenvalue weighted by molar-refractivity contribution is 5.84. The molecule has 1 aromatic carbocycles. The van der Waals surface area contributed by atoms with Crippen LogP contribution in [-0.4, -0.2) is 59.1 Å². The molecule has 0 aromatic heterocycles. The van der Waals surface area contributed by atoms with E-state index in [1.807, 2.05) is 4.90 Å². The number of rotatable bonds is 5. The van der Waals surface area contributed by atoms with Gasteiger partial charge in [0, 0.05) is 25.0 Å². The third-order valence-corrected chi connectivity index (χ3v) is 5.77. The number of nitrogens with zero attached hydrogens (tertiary/aromatic N) is 2. The van der Waals surface area contributed by atoms with Crippen molar-refractivity contribution < 1.29 is 9.90 Å². The van der Waals surface area contributed by atoms with E-state index in [4.69, 9.17) is 0 Å². The summed E-state index contributed by atoms with van der Waals surface area (Å²) in [7, 11) is 0. The summed E-state index contributed by atoms with van der Waals surface area (Å²) in [5, 5.41) is 10.0. The lowest BCUT2D eigenvalue weighted by Crippen LogP contribution is -2.48. The van der Waals surface area contributed by atoms with Gasteiger partial charge >= 0.3 is 0 Å². The van der Waals surface area contributed by atoms with E-state index < -0.39 is 5.60 Å². The van der Waals surface area contributed by atoms with E-state index in [0.717, 1.165) is 39.0 Å². The van der Waals surface area contributed by atoms with E-state index in [0.29, 0.717) is 0 Å². The molecule has 0 saturated carbocycles. The van der Waals surface area contributed by atoms with Crippen molar-refractivity contribution in [1.29, 1.82) is 0 Å². The zero-order valence-electron chi connectivity index (χ0n) is 15.7. The maximum atomic E-state index is 12.4. The van der Waals surface area contributed by atoms with Gasteiger partial charge in [0.15, 0.2) is 0 Å². The average Bonchev–Trinajstić information content (AvgIpc) is 2.97. The lowest BCUT2D eigenvalue weighted by molar-refractivity contribution is -0.147. The highest BCUT2D eigenvalue weighted by atomic mass is 16.3. The van der Waals surface area contributed by atoms with E-state index in [1.165, 1.54) is 31.4 Å². The summed E-state index contributed by atoms with van der Waals surface area (Å²) in [6.45, 7) is 8.20. The lowest BCUT2D eigenvalue weighted by Gasteiger charge is -2.40. The maximum Gasteiger partial charge on any atom is 0.253 e. The molecular weight excluding hydrogens is 312 g/mol. The van der Waals surface area contributed by atoms with Gasteiger partial charge in [-0.05, 0) is 64.6 Å². The van der Waals surface area contributed by atoms with Crippen LogP contribution in [-0.2, 0) is 11.2 Å². The molecule has 1 unspecified atom stereocenters. The second-order valence-corrected chi connectivity index (χ2v) is 8.50. The van der Waals surface area contributed by atoms with Crippen LogP contribution in [0.5, 0.6) is 0 Å². The third-order valence-electron chi connectivity index (χ3n) is 5.77. The Morgan fingerprint density at radius 1 is 1.16 bits per heavy atom. The molecule has 2 aliphatic heterocycles. The number of carbonyl (C=O) groups is 1. The summed E-state index contributed by atoms with van der Waals surface area (Å²) in [6, 6.07) is 10.7. The molecule has 1 N–H and O–H groups in total. The van der Waals surface area contributed by atoms with E-state index in [-0.39, 0.29) is 11.3 Å². The minimum absolute atomic E-state index is 0.120. The van der Waals surface area contributed by atoms with Crippen molar-refractivity contribution in [2.24, 2.45) is 5.41 Å². The molecule has 1 atom stereocenters. The summed E-state index contributed by atoms with van der Waals surface area (Å²) in [6.07, 6.45) is 5.82. The third kappa shape index (κ3) is 4.62. The van der Waals surface area contributed by atoms with Gasteiger partial charge in [-0.2, -0.15) is 0 Å². The molecular formula is C21H32N2O2. The maximum absolute atomic E-state index is 12.4. The Balaban J connectivity index is 1.50. The van der Waals surface area contributed by atoms with Gasteiger partial charge in [0.2, 0.25) is 0 Å². The molecule has 2 saturated heterocycles. The van der Waals surface area contributed by atoms with Gasteiger partial charge in [-0.1, -0.05) is 30.3 Å². The molecule has 0 aliphatic carbocycles. The zero-order valence-corrected chi connectivity index (χ0v) is 15.7. The molecule has 2 heterocycles. The second-order valence-electron chi connectivity index (χ2n) is 8.50.